The number of carbonyl (C=O) groups is 1. The van der Waals surface area contributed by atoms with Crippen molar-refractivity contribution in [2.45, 2.75) is 13.0 Å². The summed E-state index contributed by atoms with van der Waals surface area (Å²) in [6.45, 7) is 3.10. The van der Waals surface area contributed by atoms with Crippen LogP contribution in [0, 0.1) is 17.5 Å². The zero-order chi connectivity index (χ0) is 22.3. The van der Waals surface area contributed by atoms with Gasteiger partial charge in [0.15, 0.2) is 11.6 Å². The lowest BCUT2D eigenvalue weighted by molar-refractivity contribution is 0.144. The van der Waals surface area contributed by atoms with Gasteiger partial charge in [0.1, 0.15) is 17.3 Å². The van der Waals surface area contributed by atoms with Gasteiger partial charge in [0, 0.05) is 31.4 Å². The molecule has 7 nitrogen and oxygen atoms in total. The molecular weight excluding hydrogens is 415 g/mol. The summed E-state index contributed by atoms with van der Waals surface area (Å²) in [4.78, 5) is 25.3. The second-order valence-corrected chi connectivity index (χ2v) is 7.26. The molecule has 1 aromatic heterocycles. The van der Waals surface area contributed by atoms with Crippen LogP contribution in [-0.2, 0) is 0 Å². The molecule has 2 aromatic carbocycles. The first-order chi connectivity index (χ1) is 14.8. The summed E-state index contributed by atoms with van der Waals surface area (Å²) >= 11 is 0. The summed E-state index contributed by atoms with van der Waals surface area (Å²) in [6.07, 6.45) is -0.758. The first-order valence-electron chi connectivity index (χ1n) is 9.48. The molecule has 162 valence electrons. The molecule has 2 N–H and O–H groups in total. The summed E-state index contributed by atoms with van der Waals surface area (Å²) in [7, 11) is 0. The topological polar surface area (TPSA) is 83.8 Å². The van der Waals surface area contributed by atoms with Crippen molar-refractivity contribution in [2.75, 3.05) is 24.5 Å². The lowest BCUT2D eigenvalue weighted by atomic mass is 10.1. The normalized spacial score (nSPS) is 16.5. The number of piperazine rings is 1. The second kappa shape index (κ2) is 7.95. The van der Waals surface area contributed by atoms with Crippen molar-refractivity contribution in [3.63, 3.8) is 0 Å². The van der Waals surface area contributed by atoms with E-state index >= 15 is 4.39 Å². The first kappa shape index (κ1) is 20.7. The number of nitrogens with one attached hydrogen (secondary N) is 1. The summed E-state index contributed by atoms with van der Waals surface area (Å²) < 4.78 is 49.8. The molecule has 4 rings (SSSR count). The standard InChI is InChI=1S/C21H18F3N3O4/c1-11-9-26(7-6-25-11)19-15(23)8-14-18(17(19)24)27(13-4-2-12(22)3-5-13)10-16(20(14)28)31-21(29)30/h2-5,8,10-11,25H,6-7,9H2,1H3,(H,29,30). The van der Waals surface area contributed by atoms with Crippen molar-refractivity contribution in [3.8, 4) is 11.4 Å². The third kappa shape index (κ3) is 3.81. The van der Waals surface area contributed by atoms with Gasteiger partial charge < -0.3 is 24.6 Å². The van der Waals surface area contributed by atoms with E-state index in [9.17, 15) is 18.4 Å². The first-order valence-corrected chi connectivity index (χ1v) is 9.48. The number of nitrogens with zero attached hydrogens (tertiary/aromatic N) is 2. The van der Waals surface area contributed by atoms with Gasteiger partial charge in [-0.1, -0.05) is 0 Å². The zero-order valence-corrected chi connectivity index (χ0v) is 16.4. The minimum Gasteiger partial charge on any atom is -0.449 e. The van der Waals surface area contributed by atoms with E-state index in [1.54, 1.807) is 4.90 Å². The van der Waals surface area contributed by atoms with Gasteiger partial charge in [-0.15, -0.1) is 0 Å². The highest BCUT2D eigenvalue weighted by molar-refractivity contribution is 5.87. The number of hydrogen-bond acceptors (Lipinski definition) is 5. The maximum absolute atomic E-state index is 15.7. The Balaban J connectivity index is 2.03. The minimum absolute atomic E-state index is 0.00567. The van der Waals surface area contributed by atoms with Gasteiger partial charge in [0.2, 0.25) is 5.43 Å². The summed E-state index contributed by atoms with van der Waals surface area (Å²) in [5.41, 5.74) is -1.31. The van der Waals surface area contributed by atoms with Gasteiger partial charge in [-0.2, -0.15) is 0 Å². The number of benzene rings is 2. The van der Waals surface area contributed by atoms with E-state index < -0.39 is 40.2 Å². The minimum atomic E-state index is -1.76. The van der Waals surface area contributed by atoms with Gasteiger partial charge >= 0.3 is 6.16 Å². The molecule has 0 saturated carbocycles. The Morgan fingerprint density at radius 2 is 1.94 bits per heavy atom. The molecule has 10 heteroatoms. The van der Waals surface area contributed by atoms with Gasteiger partial charge in [-0.3, -0.25) is 4.79 Å². The number of fused-ring (bicyclic) bond motifs is 1. The Labute approximate surface area is 174 Å². The number of carboxylic acid groups (broad SMARTS) is 1. The van der Waals surface area contributed by atoms with Crippen LogP contribution >= 0.6 is 0 Å². The number of ether oxygens (including phenoxy) is 1. The van der Waals surface area contributed by atoms with E-state index in [4.69, 9.17) is 5.11 Å². The SMILES string of the molecule is CC1CN(c2c(F)cc3c(=O)c(OC(=O)O)cn(-c4ccc(F)cc4)c3c2F)CCN1. The van der Waals surface area contributed by atoms with Crippen molar-refractivity contribution in [1.29, 1.82) is 0 Å². The molecule has 3 aromatic rings. The quantitative estimate of drug-likeness (QED) is 0.617. The molecule has 1 fully saturated rings. The molecular formula is C21H18F3N3O4. The van der Waals surface area contributed by atoms with E-state index in [-0.39, 0.29) is 22.9 Å². The van der Waals surface area contributed by atoms with Gasteiger partial charge in [0.25, 0.3) is 0 Å². The van der Waals surface area contributed by atoms with E-state index in [1.165, 1.54) is 12.1 Å². The maximum Gasteiger partial charge on any atom is 0.511 e. The van der Waals surface area contributed by atoms with Crippen molar-refractivity contribution in [1.82, 2.24) is 9.88 Å². The molecule has 0 spiro atoms. The molecule has 1 saturated heterocycles. The number of halogens is 3. The van der Waals surface area contributed by atoms with Crippen LogP contribution in [0.4, 0.5) is 23.7 Å². The molecule has 0 radical (unpaired) electrons. The van der Waals surface area contributed by atoms with Crippen molar-refractivity contribution < 1.29 is 27.8 Å². The predicted molar refractivity (Wildman–Crippen MR) is 108 cm³/mol. The van der Waals surface area contributed by atoms with Gasteiger partial charge in [-0.05, 0) is 37.3 Å². The van der Waals surface area contributed by atoms with Crippen LogP contribution in [-0.4, -0.2) is 41.5 Å². The number of pyridine rings is 1. The molecule has 0 amide bonds. The number of rotatable bonds is 3. The van der Waals surface area contributed by atoms with Crippen molar-refractivity contribution >= 4 is 22.7 Å². The van der Waals surface area contributed by atoms with Crippen LogP contribution in [0.3, 0.4) is 0 Å². The highest BCUT2D eigenvalue weighted by atomic mass is 19.1. The number of anilines is 1. The fourth-order valence-corrected chi connectivity index (χ4v) is 3.78. The Hall–Kier alpha value is -3.53. The smallest absolute Gasteiger partial charge is 0.449 e. The summed E-state index contributed by atoms with van der Waals surface area (Å²) in [5.74, 6) is -3.11. The molecule has 31 heavy (non-hydrogen) atoms. The van der Waals surface area contributed by atoms with Crippen LogP contribution in [0.25, 0.3) is 16.6 Å². The lowest BCUT2D eigenvalue weighted by Crippen LogP contribution is -2.49. The molecule has 1 aliphatic rings. The molecule has 1 aliphatic heterocycles. The Bertz CT molecular complexity index is 1230. The zero-order valence-electron chi connectivity index (χ0n) is 16.4. The number of hydrogen-bond donors (Lipinski definition) is 2. The fourth-order valence-electron chi connectivity index (χ4n) is 3.78. The molecule has 0 aliphatic carbocycles. The van der Waals surface area contributed by atoms with E-state index in [2.05, 4.69) is 10.1 Å². The second-order valence-electron chi connectivity index (χ2n) is 7.26. The third-order valence-corrected chi connectivity index (χ3v) is 5.11. The van der Waals surface area contributed by atoms with Crippen molar-refractivity contribution in [2.24, 2.45) is 0 Å². The molecule has 1 unspecified atom stereocenters. The highest BCUT2D eigenvalue weighted by Gasteiger charge is 2.27. The Morgan fingerprint density at radius 1 is 1.23 bits per heavy atom. The van der Waals surface area contributed by atoms with E-state index in [0.29, 0.717) is 19.6 Å². The van der Waals surface area contributed by atoms with Crippen LogP contribution in [0.5, 0.6) is 5.75 Å². The monoisotopic (exact) mass is 433 g/mol. The van der Waals surface area contributed by atoms with Crippen LogP contribution in [0.2, 0.25) is 0 Å². The van der Waals surface area contributed by atoms with Gasteiger partial charge in [-0.25, -0.2) is 18.0 Å². The average Bonchev–Trinajstić information content (AvgIpc) is 2.71. The lowest BCUT2D eigenvalue weighted by Gasteiger charge is -2.34. The molecule has 1 atom stereocenters. The molecule has 0 bridgehead atoms. The Kier molecular flexibility index (Phi) is 5.32. The third-order valence-electron chi connectivity index (χ3n) is 5.11. The van der Waals surface area contributed by atoms with E-state index in [1.807, 2.05) is 6.92 Å². The van der Waals surface area contributed by atoms with E-state index in [0.717, 1.165) is 29.0 Å². The maximum atomic E-state index is 15.7. The summed E-state index contributed by atoms with van der Waals surface area (Å²) in [5, 5.41) is 11.7. The largest absolute Gasteiger partial charge is 0.511 e. The van der Waals surface area contributed by atoms with Crippen LogP contribution in [0.15, 0.2) is 41.3 Å². The van der Waals surface area contributed by atoms with Crippen molar-refractivity contribution in [3.05, 3.63) is 64.2 Å². The number of aromatic nitrogens is 1. The van der Waals surface area contributed by atoms with Crippen LogP contribution < -0.4 is 20.4 Å². The van der Waals surface area contributed by atoms with Gasteiger partial charge in [0.05, 0.1) is 17.1 Å². The van der Waals surface area contributed by atoms with Crippen LogP contribution in [0.1, 0.15) is 6.92 Å². The average molecular weight is 433 g/mol. The highest BCUT2D eigenvalue weighted by Crippen LogP contribution is 2.32. The Morgan fingerprint density at radius 3 is 2.58 bits per heavy atom. The summed E-state index contributed by atoms with van der Waals surface area (Å²) in [6, 6.07) is 5.75. The fraction of sp³-hybridized carbons (Fsp3) is 0.238. The predicted octanol–water partition coefficient (Wildman–Crippen LogP) is 3.26. The molecule has 2 heterocycles.